The Bertz CT molecular complexity index is 360. The van der Waals surface area contributed by atoms with Gasteiger partial charge in [-0.15, -0.1) is 0 Å². The van der Waals surface area contributed by atoms with Gasteiger partial charge in [-0.05, 0) is 6.92 Å². The molecule has 0 aromatic carbocycles. The number of nitroso groups, excluding NO2 is 1. The first kappa shape index (κ1) is 11.8. The SMILES string of the molecule is CCOC(C)=NC1=CC(Cl)=N[N+](=O)C1C. The first-order chi connectivity index (χ1) is 7.04. The van der Waals surface area contributed by atoms with Crippen molar-refractivity contribution in [1.82, 2.24) is 0 Å². The Balaban J connectivity index is 2.89. The zero-order valence-electron chi connectivity index (χ0n) is 8.90. The normalized spacial score (nSPS) is 22.3. The number of hydrogen-bond donors (Lipinski definition) is 0. The van der Waals surface area contributed by atoms with Crippen molar-refractivity contribution in [3.63, 3.8) is 0 Å². The fraction of sp³-hybridized carbons (Fsp3) is 0.556. The lowest BCUT2D eigenvalue weighted by atomic mass is 10.2. The van der Waals surface area contributed by atoms with Crippen LogP contribution in [0.5, 0.6) is 0 Å². The van der Waals surface area contributed by atoms with Crippen LogP contribution in [-0.2, 0) is 4.74 Å². The maximum absolute atomic E-state index is 11.2. The van der Waals surface area contributed by atoms with Gasteiger partial charge < -0.3 is 4.74 Å². The number of allylic oxidation sites excluding steroid dienone is 1. The molecule has 6 heteroatoms. The van der Waals surface area contributed by atoms with Gasteiger partial charge in [-0.2, -0.15) is 0 Å². The minimum Gasteiger partial charge on any atom is -0.481 e. The third kappa shape index (κ3) is 3.13. The molecule has 1 rings (SSSR count). The van der Waals surface area contributed by atoms with Crippen molar-refractivity contribution in [2.45, 2.75) is 26.8 Å². The van der Waals surface area contributed by atoms with Crippen LogP contribution in [0.25, 0.3) is 0 Å². The van der Waals surface area contributed by atoms with Gasteiger partial charge in [-0.25, -0.2) is 4.99 Å². The van der Waals surface area contributed by atoms with E-state index in [1.165, 1.54) is 0 Å². The Labute approximate surface area is 93.0 Å². The van der Waals surface area contributed by atoms with E-state index in [1.807, 2.05) is 6.92 Å². The third-order valence-corrected chi connectivity index (χ3v) is 2.04. The molecule has 1 aliphatic rings. The summed E-state index contributed by atoms with van der Waals surface area (Å²) >= 11 is 5.65. The number of halogens is 1. The first-order valence-electron chi connectivity index (χ1n) is 4.64. The van der Waals surface area contributed by atoms with Crippen molar-refractivity contribution in [2.75, 3.05) is 6.61 Å². The molecule has 5 nitrogen and oxygen atoms in total. The highest BCUT2D eigenvalue weighted by atomic mass is 35.5. The van der Waals surface area contributed by atoms with E-state index in [1.54, 1.807) is 19.9 Å². The summed E-state index contributed by atoms with van der Waals surface area (Å²) in [7, 11) is 0. The summed E-state index contributed by atoms with van der Waals surface area (Å²) in [4.78, 5) is 15.9. The molecule has 0 N–H and O–H groups in total. The van der Waals surface area contributed by atoms with Gasteiger partial charge in [0.25, 0.3) is 6.04 Å². The largest absolute Gasteiger partial charge is 0.481 e. The van der Waals surface area contributed by atoms with Gasteiger partial charge in [-0.3, -0.25) is 0 Å². The van der Waals surface area contributed by atoms with Crippen LogP contribution in [0, 0.1) is 4.91 Å². The first-order valence-corrected chi connectivity index (χ1v) is 5.02. The van der Waals surface area contributed by atoms with E-state index in [-0.39, 0.29) is 5.17 Å². The Kier molecular flexibility index (Phi) is 3.96. The number of aliphatic imine (C=N–C) groups is 1. The Morgan fingerprint density at radius 3 is 3.07 bits per heavy atom. The standard InChI is InChI=1S/C9H13ClN3O2/c1-4-15-7(3)11-8-5-9(10)12-13(14)6(8)2/h5-6H,4H2,1-3H3/q+1. The molecule has 0 saturated carbocycles. The molecule has 1 atom stereocenters. The topological polar surface area (TPSA) is 54.0 Å². The van der Waals surface area contributed by atoms with Gasteiger partial charge in [0.1, 0.15) is 5.70 Å². The lowest BCUT2D eigenvalue weighted by molar-refractivity contribution is -0.580. The lowest BCUT2D eigenvalue weighted by Crippen LogP contribution is -2.23. The van der Waals surface area contributed by atoms with Gasteiger partial charge in [-0.1, -0.05) is 11.6 Å². The number of ether oxygens (including phenoxy) is 1. The second-order valence-corrected chi connectivity index (χ2v) is 3.42. The van der Waals surface area contributed by atoms with Crippen LogP contribution >= 0.6 is 11.6 Å². The summed E-state index contributed by atoms with van der Waals surface area (Å²) < 4.78 is 5.17. The smallest absolute Gasteiger partial charge is 0.276 e. The monoisotopic (exact) mass is 230 g/mol. The predicted molar refractivity (Wildman–Crippen MR) is 59.2 cm³/mol. The Hall–Kier alpha value is -1.23. The van der Waals surface area contributed by atoms with Crippen molar-refractivity contribution in [1.29, 1.82) is 0 Å². The van der Waals surface area contributed by atoms with E-state index in [0.29, 0.717) is 23.1 Å². The highest BCUT2D eigenvalue weighted by Gasteiger charge is 2.30. The van der Waals surface area contributed by atoms with Crippen LogP contribution in [0.15, 0.2) is 21.9 Å². The maximum Gasteiger partial charge on any atom is 0.276 e. The zero-order chi connectivity index (χ0) is 11.4. The van der Waals surface area contributed by atoms with E-state index in [0.717, 1.165) is 0 Å². The second-order valence-electron chi connectivity index (χ2n) is 3.03. The molecular weight excluding hydrogens is 218 g/mol. The number of rotatable bonds is 2. The lowest BCUT2D eigenvalue weighted by Gasteiger charge is -2.07. The van der Waals surface area contributed by atoms with Crippen molar-refractivity contribution >= 4 is 22.7 Å². The predicted octanol–water partition coefficient (Wildman–Crippen LogP) is 2.06. The summed E-state index contributed by atoms with van der Waals surface area (Å²) in [6.45, 7) is 5.84. The van der Waals surface area contributed by atoms with Gasteiger partial charge in [0, 0.05) is 19.9 Å². The van der Waals surface area contributed by atoms with Crippen LogP contribution < -0.4 is 0 Å². The quantitative estimate of drug-likeness (QED) is 0.414. The fourth-order valence-electron chi connectivity index (χ4n) is 1.11. The molecule has 0 amide bonds. The van der Waals surface area contributed by atoms with Crippen LogP contribution in [0.4, 0.5) is 0 Å². The van der Waals surface area contributed by atoms with E-state index in [4.69, 9.17) is 16.3 Å². The van der Waals surface area contributed by atoms with E-state index in [2.05, 4.69) is 10.1 Å². The minimum atomic E-state index is -0.442. The molecule has 0 aliphatic carbocycles. The van der Waals surface area contributed by atoms with Crippen molar-refractivity contribution in [3.05, 3.63) is 16.7 Å². The molecule has 0 fully saturated rings. The van der Waals surface area contributed by atoms with Gasteiger partial charge >= 0.3 is 0 Å². The van der Waals surface area contributed by atoms with Crippen molar-refractivity contribution in [3.8, 4) is 0 Å². The summed E-state index contributed by atoms with van der Waals surface area (Å²) in [6.07, 6.45) is 1.56. The molecule has 1 heterocycles. The molecule has 0 aromatic heterocycles. The number of hydrogen-bond acceptors (Lipinski definition) is 3. The number of hydrazone groups is 1. The summed E-state index contributed by atoms with van der Waals surface area (Å²) in [5.41, 5.74) is 0.552. The fourth-order valence-corrected chi connectivity index (χ4v) is 1.30. The average Bonchev–Trinajstić information content (AvgIpc) is 2.13. The van der Waals surface area contributed by atoms with E-state index >= 15 is 0 Å². The maximum atomic E-state index is 11.2. The van der Waals surface area contributed by atoms with Crippen molar-refractivity contribution in [2.24, 2.45) is 10.1 Å². The highest BCUT2D eigenvalue weighted by molar-refractivity contribution is 6.68. The Morgan fingerprint density at radius 2 is 2.47 bits per heavy atom. The van der Waals surface area contributed by atoms with E-state index < -0.39 is 6.04 Å². The summed E-state index contributed by atoms with van der Waals surface area (Å²) in [5, 5.41) is 3.67. The zero-order valence-corrected chi connectivity index (χ0v) is 9.65. The summed E-state index contributed by atoms with van der Waals surface area (Å²) in [6, 6.07) is -0.442. The van der Waals surface area contributed by atoms with Crippen LogP contribution in [0.1, 0.15) is 20.8 Å². The Morgan fingerprint density at radius 1 is 1.80 bits per heavy atom. The van der Waals surface area contributed by atoms with Crippen LogP contribution in [-0.4, -0.2) is 28.6 Å². The van der Waals surface area contributed by atoms with Gasteiger partial charge in [0.05, 0.1) is 16.6 Å². The molecule has 0 radical (unpaired) electrons. The summed E-state index contributed by atoms with van der Waals surface area (Å²) in [5.74, 6) is 0.510. The van der Waals surface area contributed by atoms with Crippen LogP contribution in [0.3, 0.4) is 0 Å². The molecule has 82 valence electrons. The molecule has 0 aromatic rings. The average molecular weight is 231 g/mol. The minimum absolute atomic E-state index is 0.131. The highest BCUT2D eigenvalue weighted by Crippen LogP contribution is 2.15. The van der Waals surface area contributed by atoms with Gasteiger partial charge in [0.15, 0.2) is 10.8 Å². The van der Waals surface area contributed by atoms with Gasteiger partial charge in [0.2, 0.25) is 5.17 Å². The molecule has 0 saturated heterocycles. The molecule has 0 bridgehead atoms. The second kappa shape index (κ2) is 5.02. The van der Waals surface area contributed by atoms with E-state index in [9.17, 15) is 4.91 Å². The van der Waals surface area contributed by atoms with Crippen LogP contribution in [0.2, 0.25) is 0 Å². The molecule has 0 spiro atoms. The molecular formula is C9H13ClN3O2+. The molecule has 15 heavy (non-hydrogen) atoms. The third-order valence-electron chi connectivity index (χ3n) is 1.86. The number of nitrogens with zero attached hydrogens (tertiary/aromatic N) is 3. The molecule has 1 aliphatic heterocycles. The van der Waals surface area contributed by atoms with Crippen molar-refractivity contribution < 1.29 is 9.61 Å². The molecule has 1 unspecified atom stereocenters.